The van der Waals surface area contributed by atoms with Crippen molar-refractivity contribution < 1.29 is 12.8 Å². The summed E-state index contributed by atoms with van der Waals surface area (Å²) in [5.41, 5.74) is 0.769. The summed E-state index contributed by atoms with van der Waals surface area (Å²) in [7, 11) is -3.21. The third kappa shape index (κ3) is 2.68. The van der Waals surface area contributed by atoms with Crippen LogP contribution in [0.15, 0.2) is 34.7 Å². The van der Waals surface area contributed by atoms with Crippen LogP contribution < -0.4 is 4.72 Å². The third-order valence-corrected chi connectivity index (χ3v) is 4.08. The molecule has 4 nitrogen and oxygen atoms in total. The lowest BCUT2D eigenvalue weighted by molar-refractivity contribution is 0.485. The van der Waals surface area contributed by atoms with Crippen LogP contribution in [0.1, 0.15) is 25.6 Å². The van der Waals surface area contributed by atoms with Gasteiger partial charge in [-0.1, -0.05) is 18.2 Å². The van der Waals surface area contributed by atoms with Crippen molar-refractivity contribution in [2.75, 3.05) is 5.75 Å². The Hall–Kier alpha value is -1.33. The first-order valence-electron chi connectivity index (χ1n) is 5.50. The van der Waals surface area contributed by atoms with Crippen molar-refractivity contribution in [2.24, 2.45) is 0 Å². The fourth-order valence-electron chi connectivity index (χ4n) is 1.63. The smallest absolute Gasteiger partial charge is 0.211 e. The molecule has 0 aliphatic heterocycles. The number of fused-ring (bicyclic) bond motifs is 1. The Balaban J connectivity index is 2.28. The largest absolute Gasteiger partial charge is 0.459 e. The van der Waals surface area contributed by atoms with Gasteiger partial charge in [0.15, 0.2) is 0 Å². The van der Waals surface area contributed by atoms with Crippen LogP contribution in [0, 0.1) is 0 Å². The Labute approximate surface area is 101 Å². The minimum absolute atomic E-state index is 0.0670. The van der Waals surface area contributed by atoms with Crippen LogP contribution in [0.2, 0.25) is 0 Å². The quantitative estimate of drug-likeness (QED) is 0.910. The normalized spacial score (nSPS) is 14.0. The van der Waals surface area contributed by atoms with Crippen LogP contribution in [0.25, 0.3) is 11.0 Å². The lowest BCUT2D eigenvalue weighted by atomic mass is 10.2. The maximum Gasteiger partial charge on any atom is 0.211 e. The average Bonchev–Trinajstić information content (AvgIpc) is 2.72. The van der Waals surface area contributed by atoms with Gasteiger partial charge in [0.1, 0.15) is 11.3 Å². The number of furan rings is 1. The minimum atomic E-state index is -3.21. The predicted octanol–water partition coefficient (Wildman–Crippen LogP) is 2.43. The zero-order valence-electron chi connectivity index (χ0n) is 9.80. The molecule has 0 unspecified atom stereocenters. The molecule has 5 heteroatoms. The van der Waals surface area contributed by atoms with E-state index in [-0.39, 0.29) is 11.8 Å². The van der Waals surface area contributed by atoms with Gasteiger partial charge in [-0.25, -0.2) is 13.1 Å². The Morgan fingerprint density at radius 3 is 2.71 bits per heavy atom. The first kappa shape index (κ1) is 12.1. The summed E-state index contributed by atoms with van der Waals surface area (Å²) in [5, 5.41) is 0.977. The summed E-state index contributed by atoms with van der Waals surface area (Å²) in [6.45, 7) is 3.37. The van der Waals surface area contributed by atoms with E-state index in [2.05, 4.69) is 4.72 Å². The van der Waals surface area contributed by atoms with E-state index in [0.29, 0.717) is 5.76 Å². The SMILES string of the molecule is CCS(=O)(=O)N[C@@H](C)c1cc2ccccc2o1. The number of nitrogens with one attached hydrogen (secondary N) is 1. The highest BCUT2D eigenvalue weighted by Crippen LogP contribution is 2.23. The molecule has 0 aliphatic rings. The molecule has 0 spiro atoms. The van der Waals surface area contributed by atoms with Crippen molar-refractivity contribution in [3.8, 4) is 0 Å². The summed E-state index contributed by atoms with van der Waals surface area (Å²) in [6.07, 6.45) is 0. The molecule has 1 atom stereocenters. The van der Waals surface area contributed by atoms with Gasteiger partial charge < -0.3 is 4.42 Å². The molecule has 2 rings (SSSR count). The second-order valence-corrected chi connectivity index (χ2v) is 5.97. The van der Waals surface area contributed by atoms with Crippen molar-refractivity contribution in [3.63, 3.8) is 0 Å². The van der Waals surface area contributed by atoms with E-state index < -0.39 is 10.0 Å². The molecule has 17 heavy (non-hydrogen) atoms. The lowest BCUT2D eigenvalue weighted by Crippen LogP contribution is -2.27. The molecule has 1 N–H and O–H groups in total. The minimum Gasteiger partial charge on any atom is -0.459 e. The molecule has 0 bridgehead atoms. The molecule has 0 amide bonds. The molecule has 1 aromatic carbocycles. The molecular formula is C12H15NO3S. The van der Waals surface area contributed by atoms with Gasteiger partial charge in [-0.3, -0.25) is 0 Å². The van der Waals surface area contributed by atoms with Crippen molar-refractivity contribution in [3.05, 3.63) is 36.1 Å². The molecule has 0 fully saturated rings. The summed E-state index contributed by atoms with van der Waals surface area (Å²) < 4.78 is 31.0. The van der Waals surface area contributed by atoms with Gasteiger partial charge in [0.25, 0.3) is 0 Å². The van der Waals surface area contributed by atoms with Crippen LogP contribution >= 0.6 is 0 Å². The van der Waals surface area contributed by atoms with Gasteiger partial charge in [0.05, 0.1) is 11.8 Å². The highest BCUT2D eigenvalue weighted by atomic mass is 32.2. The van der Waals surface area contributed by atoms with E-state index in [1.54, 1.807) is 13.8 Å². The molecule has 92 valence electrons. The zero-order chi connectivity index (χ0) is 12.5. The van der Waals surface area contributed by atoms with E-state index >= 15 is 0 Å². The monoisotopic (exact) mass is 253 g/mol. The van der Waals surface area contributed by atoms with Crippen molar-refractivity contribution in [1.82, 2.24) is 4.72 Å². The van der Waals surface area contributed by atoms with Crippen LogP contribution in [0.3, 0.4) is 0 Å². The van der Waals surface area contributed by atoms with E-state index in [9.17, 15) is 8.42 Å². The second-order valence-electron chi connectivity index (χ2n) is 3.93. The summed E-state index contributed by atoms with van der Waals surface area (Å²) in [6, 6.07) is 9.10. The number of benzene rings is 1. The maximum absolute atomic E-state index is 11.4. The number of sulfonamides is 1. The van der Waals surface area contributed by atoms with Crippen molar-refractivity contribution in [2.45, 2.75) is 19.9 Å². The average molecular weight is 253 g/mol. The zero-order valence-corrected chi connectivity index (χ0v) is 10.6. The highest BCUT2D eigenvalue weighted by molar-refractivity contribution is 7.89. The molecular weight excluding hydrogens is 238 g/mol. The van der Waals surface area contributed by atoms with Gasteiger partial charge in [-0.15, -0.1) is 0 Å². The van der Waals surface area contributed by atoms with Gasteiger partial charge in [0.2, 0.25) is 10.0 Å². The number of hydrogen-bond donors (Lipinski definition) is 1. The standard InChI is InChI=1S/C12H15NO3S/c1-3-17(14,15)13-9(2)12-8-10-6-4-5-7-11(10)16-12/h4-9,13H,3H2,1-2H3/t9-/m0/s1. The Morgan fingerprint density at radius 2 is 2.06 bits per heavy atom. The third-order valence-electron chi connectivity index (χ3n) is 2.61. The van der Waals surface area contributed by atoms with E-state index in [1.807, 2.05) is 30.3 Å². The maximum atomic E-state index is 11.4. The first-order chi connectivity index (χ1) is 8.02. The molecule has 0 radical (unpaired) electrons. The summed E-state index contributed by atoms with van der Waals surface area (Å²) in [5.74, 6) is 0.695. The lowest BCUT2D eigenvalue weighted by Gasteiger charge is -2.10. The Bertz CT molecular complexity index is 582. The fraction of sp³-hybridized carbons (Fsp3) is 0.333. The summed E-state index contributed by atoms with van der Waals surface area (Å²) >= 11 is 0. The number of hydrogen-bond acceptors (Lipinski definition) is 3. The van der Waals surface area contributed by atoms with Crippen LogP contribution in [0.5, 0.6) is 0 Å². The van der Waals surface area contributed by atoms with E-state index in [4.69, 9.17) is 4.42 Å². The van der Waals surface area contributed by atoms with Gasteiger partial charge >= 0.3 is 0 Å². The fourth-order valence-corrected chi connectivity index (χ4v) is 2.45. The predicted molar refractivity (Wildman–Crippen MR) is 67.2 cm³/mol. The van der Waals surface area contributed by atoms with E-state index in [0.717, 1.165) is 11.0 Å². The Kier molecular flexibility index (Phi) is 3.22. The molecule has 1 aromatic heterocycles. The van der Waals surface area contributed by atoms with Gasteiger partial charge in [0, 0.05) is 5.39 Å². The molecule has 1 heterocycles. The van der Waals surface area contributed by atoms with Crippen LogP contribution in [-0.2, 0) is 10.0 Å². The first-order valence-corrected chi connectivity index (χ1v) is 7.15. The molecule has 0 aliphatic carbocycles. The van der Waals surface area contributed by atoms with E-state index in [1.165, 1.54) is 0 Å². The molecule has 0 saturated carbocycles. The van der Waals surface area contributed by atoms with Gasteiger partial charge in [-0.05, 0) is 26.0 Å². The van der Waals surface area contributed by atoms with Crippen LogP contribution in [0.4, 0.5) is 0 Å². The van der Waals surface area contributed by atoms with Gasteiger partial charge in [-0.2, -0.15) is 0 Å². The summed E-state index contributed by atoms with van der Waals surface area (Å²) in [4.78, 5) is 0. The van der Waals surface area contributed by atoms with Crippen molar-refractivity contribution in [1.29, 1.82) is 0 Å². The second kappa shape index (κ2) is 4.50. The molecule has 0 saturated heterocycles. The van der Waals surface area contributed by atoms with Crippen LogP contribution in [-0.4, -0.2) is 14.2 Å². The Morgan fingerprint density at radius 1 is 1.35 bits per heavy atom. The van der Waals surface area contributed by atoms with Crippen molar-refractivity contribution >= 4 is 21.0 Å². The molecule has 2 aromatic rings. The number of rotatable bonds is 4. The topological polar surface area (TPSA) is 59.3 Å². The highest BCUT2D eigenvalue weighted by Gasteiger charge is 2.16. The number of para-hydroxylation sites is 1.